The quantitative estimate of drug-likeness (QED) is 0.260. The summed E-state index contributed by atoms with van der Waals surface area (Å²) in [4.78, 5) is 22.3. The maximum atomic E-state index is 13.6. The SMILES string of the molecule is Cc1cc(Cl)cc2sc(N(CCCN(C)C)C(=O)c3ccc(NS(=O)(=O)c4ccccc4)cc3)nc12.Cl. The predicted octanol–water partition coefficient (Wildman–Crippen LogP) is 6.08. The van der Waals surface area contributed by atoms with Crippen LogP contribution in [0.5, 0.6) is 0 Å². The minimum atomic E-state index is -3.72. The lowest BCUT2D eigenvalue weighted by atomic mass is 10.2. The van der Waals surface area contributed by atoms with Gasteiger partial charge >= 0.3 is 0 Å². The number of thiazole rings is 1. The molecule has 1 N–H and O–H groups in total. The van der Waals surface area contributed by atoms with Crippen molar-refractivity contribution in [2.45, 2.75) is 18.2 Å². The first-order valence-corrected chi connectivity index (χ1v) is 14.0. The number of halogens is 2. The van der Waals surface area contributed by atoms with E-state index in [1.54, 1.807) is 47.4 Å². The molecule has 37 heavy (non-hydrogen) atoms. The molecule has 1 aromatic heterocycles. The molecule has 0 atom stereocenters. The number of aromatic nitrogens is 1. The summed E-state index contributed by atoms with van der Waals surface area (Å²) in [6, 6.07) is 18.3. The first-order valence-electron chi connectivity index (χ1n) is 11.4. The highest BCUT2D eigenvalue weighted by Crippen LogP contribution is 2.34. The number of anilines is 2. The lowest BCUT2D eigenvalue weighted by molar-refractivity contribution is 0.0986. The summed E-state index contributed by atoms with van der Waals surface area (Å²) in [7, 11) is 0.264. The lowest BCUT2D eigenvalue weighted by Crippen LogP contribution is -2.33. The van der Waals surface area contributed by atoms with Gasteiger partial charge in [-0.05, 0) is 88.1 Å². The van der Waals surface area contributed by atoms with Crippen molar-refractivity contribution in [3.8, 4) is 0 Å². The van der Waals surface area contributed by atoms with Gasteiger partial charge in [-0.15, -0.1) is 12.4 Å². The van der Waals surface area contributed by atoms with Crippen LogP contribution in [-0.4, -0.2) is 51.4 Å². The number of rotatable bonds is 9. The van der Waals surface area contributed by atoms with E-state index in [2.05, 4.69) is 9.62 Å². The van der Waals surface area contributed by atoms with E-state index >= 15 is 0 Å². The normalized spacial score (nSPS) is 11.4. The molecule has 0 aliphatic heterocycles. The van der Waals surface area contributed by atoms with Crippen LogP contribution in [0.2, 0.25) is 5.02 Å². The molecular weight excluding hydrogens is 551 g/mol. The smallest absolute Gasteiger partial charge is 0.261 e. The monoisotopic (exact) mass is 578 g/mol. The fourth-order valence-corrected chi connectivity index (χ4v) is 6.26. The lowest BCUT2D eigenvalue weighted by Gasteiger charge is -2.21. The first-order chi connectivity index (χ1) is 17.1. The third kappa shape index (κ3) is 7.00. The van der Waals surface area contributed by atoms with Crippen LogP contribution in [0.1, 0.15) is 22.3 Å². The van der Waals surface area contributed by atoms with Gasteiger partial charge in [-0.25, -0.2) is 13.4 Å². The average Bonchev–Trinajstić information content (AvgIpc) is 3.26. The van der Waals surface area contributed by atoms with Crippen molar-refractivity contribution in [3.05, 3.63) is 82.9 Å². The Labute approximate surface area is 232 Å². The summed E-state index contributed by atoms with van der Waals surface area (Å²) >= 11 is 7.66. The molecule has 0 fully saturated rings. The summed E-state index contributed by atoms with van der Waals surface area (Å²) in [6.45, 7) is 3.26. The number of carbonyl (C=O) groups excluding carboxylic acids is 1. The van der Waals surface area contributed by atoms with Crippen molar-refractivity contribution in [1.29, 1.82) is 0 Å². The van der Waals surface area contributed by atoms with Gasteiger partial charge in [0, 0.05) is 22.8 Å². The van der Waals surface area contributed by atoms with Crippen LogP contribution in [0.15, 0.2) is 71.6 Å². The van der Waals surface area contributed by atoms with Crippen LogP contribution in [0.3, 0.4) is 0 Å². The standard InChI is InChI=1S/C26H27ClN4O3S2.ClH/c1-18-16-20(27)17-23-24(18)28-26(35-23)31(15-7-14-30(2)3)25(32)19-10-12-21(13-11-19)29-36(33,34)22-8-5-4-6-9-22;/h4-6,8-13,16-17,29H,7,14-15H2,1-3H3;1H. The minimum absolute atomic E-state index is 0. The molecule has 0 unspecified atom stereocenters. The number of amides is 1. The van der Waals surface area contributed by atoms with Gasteiger partial charge < -0.3 is 4.90 Å². The molecule has 0 aliphatic rings. The van der Waals surface area contributed by atoms with Gasteiger partial charge in [-0.2, -0.15) is 0 Å². The molecule has 0 saturated carbocycles. The molecular formula is C26H28Cl2N4O3S2. The Hall–Kier alpha value is -2.69. The van der Waals surface area contributed by atoms with E-state index in [1.807, 2.05) is 33.2 Å². The van der Waals surface area contributed by atoms with Crippen molar-refractivity contribution in [1.82, 2.24) is 9.88 Å². The molecule has 0 aliphatic carbocycles. The Morgan fingerprint density at radius 1 is 1.03 bits per heavy atom. The summed E-state index contributed by atoms with van der Waals surface area (Å²) in [6.07, 6.45) is 0.767. The zero-order valence-electron chi connectivity index (χ0n) is 20.6. The van der Waals surface area contributed by atoms with Crippen molar-refractivity contribution < 1.29 is 13.2 Å². The summed E-state index contributed by atoms with van der Waals surface area (Å²) in [5.41, 5.74) is 2.60. The van der Waals surface area contributed by atoms with Gasteiger partial charge in [0.25, 0.3) is 15.9 Å². The maximum absolute atomic E-state index is 13.6. The van der Waals surface area contributed by atoms with Gasteiger partial charge in [0.2, 0.25) is 0 Å². The molecule has 4 rings (SSSR count). The van der Waals surface area contributed by atoms with Crippen LogP contribution >= 0.6 is 35.3 Å². The molecule has 7 nitrogen and oxygen atoms in total. The molecule has 196 valence electrons. The van der Waals surface area contributed by atoms with E-state index in [-0.39, 0.29) is 23.2 Å². The maximum Gasteiger partial charge on any atom is 0.261 e. The highest BCUT2D eigenvalue weighted by Gasteiger charge is 2.22. The zero-order chi connectivity index (χ0) is 25.9. The summed E-state index contributed by atoms with van der Waals surface area (Å²) < 4.78 is 28.7. The van der Waals surface area contributed by atoms with Gasteiger partial charge in [-0.1, -0.05) is 41.1 Å². The highest BCUT2D eigenvalue weighted by atomic mass is 35.5. The molecule has 0 radical (unpaired) electrons. The largest absolute Gasteiger partial charge is 0.309 e. The molecule has 11 heteroatoms. The number of nitrogens with zero attached hydrogens (tertiary/aromatic N) is 3. The number of nitrogens with one attached hydrogen (secondary N) is 1. The van der Waals surface area contributed by atoms with E-state index in [0.717, 1.165) is 28.7 Å². The fourth-order valence-electron chi connectivity index (χ4n) is 3.74. The predicted molar refractivity (Wildman–Crippen MR) is 155 cm³/mol. The number of aryl methyl sites for hydroxylation is 1. The number of hydrogen-bond donors (Lipinski definition) is 1. The molecule has 0 spiro atoms. The summed E-state index contributed by atoms with van der Waals surface area (Å²) in [5, 5.41) is 1.24. The molecule has 4 aromatic rings. The van der Waals surface area contributed by atoms with Crippen LogP contribution in [0.4, 0.5) is 10.8 Å². The Bertz CT molecular complexity index is 1480. The van der Waals surface area contributed by atoms with E-state index in [0.29, 0.717) is 27.9 Å². The van der Waals surface area contributed by atoms with Crippen molar-refractivity contribution in [2.75, 3.05) is 36.8 Å². The zero-order valence-corrected chi connectivity index (χ0v) is 23.8. The van der Waals surface area contributed by atoms with Gasteiger partial charge in [-0.3, -0.25) is 14.4 Å². The first kappa shape index (κ1) is 28.9. The van der Waals surface area contributed by atoms with Crippen molar-refractivity contribution in [3.63, 3.8) is 0 Å². The number of hydrogen-bond acceptors (Lipinski definition) is 6. The summed E-state index contributed by atoms with van der Waals surface area (Å²) in [5.74, 6) is -0.200. The van der Waals surface area contributed by atoms with Crippen LogP contribution in [0.25, 0.3) is 10.2 Å². The number of sulfonamides is 1. The van der Waals surface area contributed by atoms with E-state index in [1.165, 1.54) is 23.5 Å². The van der Waals surface area contributed by atoms with Crippen LogP contribution < -0.4 is 9.62 Å². The highest BCUT2D eigenvalue weighted by molar-refractivity contribution is 7.92. The second kappa shape index (κ2) is 12.2. The van der Waals surface area contributed by atoms with Gasteiger partial charge in [0.1, 0.15) is 0 Å². The Morgan fingerprint density at radius 3 is 2.35 bits per heavy atom. The molecule has 1 heterocycles. The van der Waals surface area contributed by atoms with Crippen LogP contribution in [-0.2, 0) is 10.0 Å². The Balaban J connectivity index is 0.00000380. The number of carbonyl (C=O) groups is 1. The Kier molecular flexibility index (Phi) is 9.55. The molecule has 1 amide bonds. The third-order valence-electron chi connectivity index (χ3n) is 5.54. The second-order valence-corrected chi connectivity index (χ2v) is 11.8. The van der Waals surface area contributed by atoms with Crippen molar-refractivity contribution in [2.24, 2.45) is 0 Å². The van der Waals surface area contributed by atoms with Gasteiger partial charge in [0.05, 0.1) is 15.1 Å². The molecule has 0 bridgehead atoms. The second-order valence-electron chi connectivity index (χ2n) is 8.68. The van der Waals surface area contributed by atoms with Crippen molar-refractivity contribution >= 4 is 72.3 Å². The molecule has 3 aromatic carbocycles. The molecule has 0 saturated heterocycles. The van der Waals surface area contributed by atoms with Gasteiger partial charge in [0.15, 0.2) is 5.13 Å². The third-order valence-corrected chi connectivity index (χ3v) is 8.18. The van der Waals surface area contributed by atoms with E-state index < -0.39 is 10.0 Å². The number of benzene rings is 3. The fraction of sp³-hybridized carbons (Fsp3) is 0.231. The topological polar surface area (TPSA) is 82.6 Å². The number of fused-ring (bicyclic) bond motifs is 1. The van der Waals surface area contributed by atoms with E-state index in [9.17, 15) is 13.2 Å². The Morgan fingerprint density at radius 2 is 1.70 bits per heavy atom. The minimum Gasteiger partial charge on any atom is -0.309 e. The van der Waals surface area contributed by atoms with Crippen LogP contribution in [0, 0.1) is 6.92 Å². The van der Waals surface area contributed by atoms with E-state index in [4.69, 9.17) is 16.6 Å². The average molecular weight is 580 g/mol.